The number of fused-ring (bicyclic) bond motifs is 4. The second kappa shape index (κ2) is 16.8. The lowest BCUT2D eigenvalue weighted by Crippen LogP contribution is -2.40. The lowest BCUT2D eigenvalue weighted by Gasteiger charge is -2.36. The smallest absolute Gasteiger partial charge is 0.284 e. The number of morpholine rings is 1. The number of amides is 3. The van der Waals surface area contributed by atoms with Gasteiger partial charge in [0.25, 0.3) is 12.3 Å². The number of imide groups is 1. The number of halogens is 2. The number of carbonyl (C=O) groups excluding carboxylic acids is 3. The summed E-state index contributed by atoms with van der Waals surface area (Å²) in [5, 5.41) is 19.2. The molecule has 324 valence electrons. The van der Waals surface area contributed by atoms with Gasteiger partial charge in [0.05, 0.1) is 59.9 Å². The Balaban J connectivity index is 0.683. The van der Waals surface area contributed by atoms with Gasteiger partial charge in [-0.1, -0.05) is 11.8 Å². The van der Waals surface area contributed by atoms with Crippen LogP contribution in [0.2, 0.25) is 0 Å². The maximum atomic E-state index is 14.3. The summed E-state index contributed by atoms with van der Waals surface area (Å²) in [6.45, 7) is 4.60. The van der Waals surface area contributed by atoms with Crippen LogP contribution in [0, 0.1) is 17.8 Å². The second-order valence-electron chi connectivity index (χ2n) is 17.3. The number of piperidine rings is 2. The largest absolute Gasteiger partial charge is 0.374 e. The maximum absolute atomic E-state index is 14.3. The molecular weight excluding hydrogens is 801 g/mol. The fourth-order valence-corrected chi connectivity index (χ4v) is 10.1. The molecule has 1 aromatic carbocycles. The van der Waals surface area contributed by atoms with Crippen LogP contribution in [0.15, 0.2) is 42.9 Å². The number of hydrogen-bond acceptors (Lipinski definition) is 11. The molecule has 2 bridgehead atoms. The van der Waals surface area contributed by atoms with E-state index in [9.17, 15) is 23.2 Å². The number of hydrogen-bond donors (Lipinski definition) is 2. The number of nitrogens with one attached hydrogen (secondary N) is 2. The number of ether oxygens (including phenoxy) is 2. The first kappa shape index (κ1) is 40.3. The predicted molar refractivity (Wildman–Crippen MR) is 223 cm³/mol. The molecule has 3 amide bonds. The zero-order valence-electron chi connectivity index (χ0n) is 34.5. The average Bonchev–Trinajstić information content (AvgIpc) is 4.12. The van der Waals surface area contributed by atoms with Gasteiger partial charge in [-0.05, 0) is 81.5 Å². The van der Waals surface area contributed by atoms with Gasteiger partial charge in [-0.2, -0.15) is 15.3 Å². The molecule has 62 heavy (non-hydrogen) atoms. The van der Waals surface area contributed by atoms with Gasteiger partial charge in [0.15, 0.2) is 11.3 Å². The molecule has 5 aromatic rings. The molecule has 16 nitrogen and oxygen atoms in total. The number of aryl methyl sites for hydroxylation is 1. The SMILES string of the molecule is Cn1nc2cc(C#CCOC3CCN(CC4CCC(n5cc(NC(=O)c6cnn7ccc(N8C[C@H]9C[C@@H]8CO9)nc67)c(C(F)F)n5)CC4)CC3)ccc2c1C1CCC(=O)NC1=O. The molecular formula is C44H49F2N11O5. The summed E-state index contributed by atoms with van der Waals surface area (Å²) >= 11 is 0. The molecule has 0 radical (unpaired) electrons. The Hall–Kier alpha value is -5.77. The molecule has 1 saturated carbocycles. The van der Waals surface area contributed by atoms with Gasteiger partial charge in [-0.15, -0.1) is 0 Å². The Morgan fingerprint density at radius 3 is 2.66 bits per heavy atom. The van der Waals surface area contributed by atoms with E-state index in [1.54, 1.807) is 21.8 Å². The Morgan fingerprint density at radius 2 is 1.90 bits per heavy atom. The van der Waals surface area contributed by atoms with Crippen LogP contribution in [0.3, 0.4) is 0 Å². The number of anilines is 2. The molecule has 1 aliphatic carbocycles. The second-order valence-corrected chi connectivity index (χ2v) is 17.3. The van der Waals surface area contributed by atoms with E-state index in [-0.39, 0.29) is 47.4 Å². The molecule has 0 spiro atoms. The van der Waals surface area contributed by atoms with Crippen LogP contribution in [0.25, 0.3) is 16.6 Å². The fraction of sp³-hybridized carbons (Fsp3) is 0.523. The highest BCUT2D eigenvalue weighted by Crippen LogP contribution is 2.37. The summed E-state index contributed by atoms with van der Waals surface area (Å²) < 4.78 is 45.3. The van der Waals surface area contributed by atoms with Gasteiger partial charge in [-0.3, -0.25) is 29.1 Å². The first-order valence-electron chi connectivity index (χ1n) is 21.7. The van der Waals surface area contributed by atoms with Gasteiger partial charge in [0.2, 0.25) is 11.8 Å². The van der Waals surface area contributed by atoms with Crippen molar-refractivity contribution in [3.05, 3.63) is 65.4 Å². The summed E-state index contributed by atoms with van der Waals surface area (Å²) in [5.74, 6) is 6.08. The van der Waals surface area contributed by atoms with E-state index in [1.807, 2.05) is 31.3 Å². The number of aromatic nitrogens is 7. The van der Waals surface area contributed by atoms with Crippen LogP contribution < -0.4 is 15.5 Å². The van der Waals surface area contributed by atoms with Crippen molar-refractivity contribution in [2.24, 2.45) is 13.0 Å². The van der Waals surface area contributed by atoms with Crippen molar-refractivity contribution < 1.29 is 32.6 Å². The summed E-state index contributed by atoms with van der Waals surface area (Å²) in [6.07, 6.45) is 9.35. The Bertz CT molecular complexity index is 2580. The molecule has 2 N–H and O–H groups in total. The first-order chi connectivity index (χ1) is 30.1. The van der Waals surface area contributed by atoms with Crippen LogP contribution in [-0.2, 0) is 26.1 Å². The molecule has 4 saturated heterocycles. The number of rotatable bonds is 10. The molecule has 8 heterocycles. The average molecular weight is 850 g/mol. The molecule has 3 atom stereocenters. The number of nitrogens with zero attached hydrogens (tertiary/aromatic N) is 9. The van der Waals surface area contributed by atoms with E-state index < -0.39 is 23.9 Å². The molecule has 4 aromatic heterocycles. The summed E-state index contributed by atoms with van der Waals surface area (Å²) in [5.41, 5.74) is 2.50. The highest BCUT2D eigenvalue weighted by atomic mass is 19.3. The van der Waals surface area contributed by atoms with Crippen molar-refractivity contribution in [2.75, 3.05) is 49.6 Å². The Morgan fingerprint density at radius 1 is 1.06 bits per heavy atom. The van der Waals surface area contributed by atoms with Gasteiger partial charge < -0.3 is 24.6 Å². The minimum atomic E-state index is -2.85. The monoisotopic (exact) mass is 849 g/mol. The lowest BCUT2D eigenvalue weighted by atomic mass is 9.85. The van der Waals surface area contributed by atoms with E-state index in [0.717, 1.165) is 99.1 Å². The van der Waals surface area contributed by atoms with E-state index in [0.29, 0.717) is 37.6 Å². The molecule has 5 fully saturated rings. The van der Waals surface area contributed by atoms with Crippen molar-refractivity contribution in [3.63, 3.8) is 0 Å². The van der Waals surface area contributed by atoms with Crippen LogP contribution in [0.5, 0.6) is 0 Å². The zero-order chi connectivity index (χ0) is 42.5. The molecule has 18 heteroatoms. The predicted octanol–water partition coefficient (Wildman–Crippen LogP) is 4.76. The Kier molecular flexibility index (Phi) is 10.9. The van der Waals surface area contributed by atoms with Crippen LogP contribution in [0.1, 0.15) is 103 Å². The van der Waals surface area contributed by atoms with Gasteiger partial charge in [-0.25, -0.2) is 18.3 Å². The topological polar surface area (TPSA) is 166 Å². The summed E-state index contributed by atoms with van der Waals surface area (Å²) in [4.78, 5) is 47.1. The maximum Gasteiger partial charge on any atom is 0.284 e. The molecule has 1 unspecified atom stereocenters. The fourth-order valence-electron chi connectivity index (χ4n) is 10.1. The normalized spacial score (nSPS) is 24.6. The number of benzene rings is 1. The van der Waals surface area contributed by atoms with Crippen molar-refractivity contribution in [2.45, 2.75) is 94.4 Å². The van der Waals surface area contributed by atoms with Crippen LogP contribution in [-0.4, -0.2) is 114 Å². The van der Waals surface area contributed by atoms with Crippen molar-refractivity contribution in [3.8, 4) is 11.8 Å². The van der Waals surface area contributed by atoms with E-state index >= 15 is 0 Å². The summed E-state index contributed by atoms with van der Waals surface area (Å²) in [6, 6.07) is 7.87. The third kappa shape index (κ3) is 8.04. The van der Waals surface area contributed by atoms with Crippen LogP contribution >= 0.6 is 0 Å². The third-order valence-corrected chi connectivity index (χ3v) is 13.3. The zero-order valence-corrected chi connectivity index (χ0v) is 34.5. The lowest BCUT2D eigenvalue weighted by molar-refractivity contribution is -0.134. The van der Waals surface area contributed by atoms with Crippen molar-refractivity contribution in [1.29, 1.82) is 0 Å². The first-order valence-corrected chi connectivity index (χ1v) is 21.7. The Labute approximate surface area is 356 Å². The van der Waals surface area contributed by atoms with Gasteiger partial charge in [0, 0.05) is 63.0 Å². The highest BCUT2D eigenvalue weighted by Gasteiger charge is 2.40. The standard InChI is InChI=1S/C44H49F2N11O5/c1-53-40(33-10-11-38(58)50-43(33)59)32-9-6-26(19-35(32)51-53)3-2-18-61-30-12-15-54(16-13-30)22-27-4-7-28(8-5-27)57-24-36(39(52-57)41(45)46)48-44(60)34-21-47-56-17-14-37(49-42(34)56)55-23-31-20-29(55)25-62-31/h6,9,14,17,19,21,24,27-31,33,41H,4-5,7-8,10-13,15-16,18,20,22-23,25H2,1H3,(H,48,60)(H,50,58,59)/t27?,28?,29-,31-,33?/m1/s1. The van der Waals surface area contributed by atoms with E-state index in [4.69, 9.17) is 14.5 Å². The van der Waals surface area contributed by atoms with Gasteiger partial charge in [0.1, 0.15) is 18.0 Å². The number of carbonyl (C=O) groups is 3. The third-order valence-electron chi connectivity index (χ3n) is 13.3. The minimum absolute atomic E-state index is 0.000756. The van der Waals surface area contributed by atoms with Crippen LogP contribution in [0.4, 0.5) is 20.3 Å². The number of likely N-dealkylation sites (tertiary alicyclic amines) is 1. The van der Waals surface area contributed by atoms with Crippen molar-refractivity contribution in [1.82, 2.24) is 44.4 Å². The van der Waals surface area contributed by atoms with Crippen molar-refractivity contribution >= 4 is 45.8 Å². The molecule has 10 rings (SSSR count). The van der Waals surface area contributed by atoms with Gasteiger partial charge >= 0.3 is 0 Å². The van der Waals surface area contributed by atoms with E-state index in [1.165, 1.54) is 10.7 Å². The van der Waals surface area contributed by atoms with E-state index in [2.05, 4.69) is 47.6 Å². The highest BCUT2D eigenvalue weighted by molar-refractivity contribution is 6.08. The summed E-state index contributed by atoms with van der Waals surface area (Å²) in [7, 11) is 1.82. The molecule has 4 aliphatic heterocycles. The molecule has 5 aliphatic rings. The minimum Gasteiger partial charge on any atom is -0.374 e. The quantitative estimate of drug-likeness (QED) is 0.147. The number of alkyl halides is 2.